The number of amidine groups is 1. The second-order valence-corrected chi connectivity index (χ2v) is 3.03. The normalized spacial score (nSPS) is 11.6. The number of nitrogens with one attached hydrogen (secondary N) is 1. The largest absolute Gasteiger partial charge is 0.383 e. The van der Waals surface area contributed by atoms with Crippen molar-refractivity contribution in [2.45, 2.75) is 0 Å². The summed E-state index contributed by atoms with van der Waals surface area (Å²) in [5, 5.41) is 0. The minimum atomic E-state index is -0.676. The van der Waals surface area contributed by atoms with Gasteiger partial charge in [-0.2, -0.15) is 0 Å². The third kappa shape index (κ3) is 3.56. The average Bonchev–Trinajstić information content (AvgIpc) is 2.23. The molecule has 0 aliphatic heterocycles. The number of methoxy groups -OCH3 is 1. The average molecular weight is 229 g/mol. The lowest BCUT2D eigenvalue weighted by atomic mass is 10.2. The van der Waals surface area contributed by atoms with E-state index in [1.807, 2.05) is 0 Å². The van der Waals surface area contributed by atoms with E-state index in [0.717, 1.165) is 18.2 Å². The van der Waals surface area contributed by atoms with Crippen molar-refractivity contribution in [1.29, 1.82) is 0 Å². The molecule has 0 saturated carbocycles. The van der Waals surface area contributed by atoms with Crippen molar-refractivity contribution in [2.24, 2.45) is 10.8 Å². The van der Waals surface area contributed by atoms with E-state index in [4.69, 9.17) is 10.6 Å². The van der Waals surface area contributed by atoms with E-state index in [-0.39, 0.29) is 11.4 Å². The highest BCUT2D eigenvalue weighted by Crippen LogP contribution is 2.08. The lowest BCUT2D eigenvalue weighted by Crippen LogP contribution is -2.31. The van der Waals surface area contributed by atoms with Gasteiger partial charge in [0.2, 0.25) is 0 Å². The number of nitrogens with zero attached hydrogens (tertiary/aromatic N) is 1. The Morgan fingerprint density at radius 1 is 1.38 bits per heavy atom. The van der Waals surface area contributed by atoms with Gasteiger partial charge in [0.1, 0.15) is 17.5 Å². The highest BCUT2D eigenvalue weighted by Gasteiger charge is 2.05. The van der Waals surface area contributed by atoms with E-state index in [2.05, 4.69) is 10.4 Å². The summed E-state index contributed by atoms with van der Waals surface area (Å²) in [6, 6.07) is 3.08. The fourth-order valence-electron chi connectivity index (χ4n) is 1.16. The fraction of sp³-hybridized carbons (Fsp3) is 0.300. The second-order valence-electron chi connectivity index (χ2n) is 3.03. The minimum absolute atomic E-state index is 0.218. The highest BCUT2D eigenvalue weighted by atomic mass is 19.1. The molecule has 0 atom stereocenters. The summed E-state index contributed by atoms with van der Waals surface area (Å²) in [6.45, 7) is 0.761. The van der Waals surface area contributed by atoms with Gasteiger partial charge in [0.05, 0.1) is 13.2 Å². The van der Waals surface area contributed by atoms with Gasteiger partial charge in [0.15, 0.2) is 0 Å². The Kier molecular flexibility index (Phi) is 4.81. The van der Waals surface area contributed by atoms with Crippen molar-refractivity contribution in [1.82, 2.24) is 5.43 Å². The Morgan fingerprint density at radius 3 is 2.50 bits per heavy atom. The molecule has 0 amide bonds. The Labute approximate surface area is 92.1 Å². The van der Waals surface area contributed by atoms with Gasteiger partial charge in [0, 0.05) is 18.7 Å². The molecule has 0 fully saturated rings. The molecule has 3 N–H and O–H groups in total. The second kappa shape index (κ2) is 6.14. The first-order chi connectivity index (χ1) is 7.67. The Balaban J connectivity index is 2.90. The summed E-state index contributed by atoms with van der Waals surface area (Å²) in [7, 11) is 1.53. The molecule has 1 aromatic rings. The predicted octanol–water partition coefficient (Wildman–Crippen LogP) is 0.821. The van der Waals surface area contributed by atoms with Crippen LogP contribution in [0, 0.1) is 11.6 Å². The molecule has 0 aromatic heterocycles. The highest BCUT2D eigenvalue weighted by molar-refractivity contribution is 5.98. The number of hydrogen-bond donors (Lipinski definition) is 2. The molecular weight excluding hydrogens is 216 g/mol. The summed E-state index contributed by atoms with van der Waals surface area (Å²) in [4.78, 5) is 4.01. The van der Waals surface area contributed by atoms with Crippen LogP contribution in [0.3, 0.4) is 0 Å². The van der Waals surface area contributed by atoms with Gasteiger partial charge >= 0.3 is 0 Å². The third-order valence-corrected chi connectivity index (χ3v) is 1.84. The van der Waals surface area contributed by atoms with Crippen molar-refractivity contribution in [3.8, 4) is 0 Å². The van der Waals surface area contributed by atoms with Gasteiger partial charge in [-0.3, -0.25) is 4.99 Å². The molecule has 4 nitrogen and oxygen atoms in total. The maximum absolute atomic E-state index is 12.9. The number of nitrogens with two attached hydrogens (primary N) is 1. The van der Waals surface area contributed by atoms with Gasteiger partial charge in [-0.25, -0.2) is 14.6 Å². The number of rotatable bonds is 4. The van der Waals surface area contributed by atoms with E-state index >= 15 is 0 Å². The maximum Gasteiger partial charge on any atom is 0.142 e. The van der Waals surface area contributed by atoms with Crippen LogP contribution in [-0.4, -0.2) is 26.1 Å². The molecule has 1 rings (SSSR count). The number of hydrazine groups is 1. The summed E-state index contributed by atoms with van der Waals surface area (Å²) in [5.41, 5.74) is 2.55. The van der Waals surface area contributed by atoms with Gasteiger partial charge in [-0.15, -0.1) is 0 Å². The molecule has 88 valence electrons. The number of halogens is 2. The molecule has 0 aliphatic rings. The summed E-state index contributed by atoms with van der Waals surface area (Å²) in [6.07, 6.45) is 0. The van der Waals surface area contributed by atoms with Crippen molar-refractivity contribution in [2.75, 3.05) is 20.3 Å². The first kappa shape index (κ1) is 12.5. The van der Waals surface area contributed by atoms with Crippen molar-refractivity contribution < 1.29 is 13.5 Å². The Morgan fingerprint density at radius 2 is 2.00 bits per heavy atom. The fourth-order valence-corrected chi connectivity index (χ4v) is 1.16. The molecule has 0 unspecified atom stereocenters. The van der Waals surface area contributed by atoms with Gasteiger partial charge in [-0.05, 0) is 12.1 Å². The minimum Gasteiger partial charge on any atom is -0.383 e. The zero-order valence-corrected chi connectivity index (χ0v) is 8.84. The first-order valence-corrected chi connectivity index (χ1v) is 4.64. The molecule has 0 radical (unpaired) electrons. The maximum atomic E-state index is 12.9. The lowest BCUT2D eigenvalue weighted by molar-refractivity contribution is 0.208. The third-order valence-electron chi connectivity index (χ3n) is 1.84. The number of ether oxygens (including phenoxy) is 1. The summed E-state index contributed by atoms with van der Waals surface area (Å²) in [5.74, 6) is 4.09. The smallest absolute Gasteiger partial charge is 0.142 e. The van der Waals surface area contributed by atoms with E-state index in [0.29, 0.717) is 13.2 Å². The molecule has 1 aromatic carbocycles. The van der Waals surface area contributed by atoms with Gasteiger partial charge < -0.3 is 10.2 Å². The Hall–Kier alpha value is -1.53. The number of aliphatic imine (C=N–C) groups is 1. The van der Waals surface area contributed by atoms with E-state index in [1.54, 1.807) is 0 Å². The van der Waals surface area contributed by atoms with Crippen LogP contribution in [-0.2, 0) is 4.74 Å². The van der Waals surface area contributed by atoms with Crippen LogP contribution >= 0.6 is 0 Å². The monoisotopic (exact) mass is 229 g/mol. The van der Waals surface area contributed by atoms with Crippen molar-refractivity contribution in [3.05, 3.63) is 35.4 Å². The van der Waals surface area contributed by atoms with Gasteiger partial charge in [-0.1, -0.05) is 0 Å². The van der Waals surface area contributed by atoms with Crippen molar-refractivity contribution >= 4 is 5.84 Å². The van der Waals surface area contributed by atoms with E-state index in [1.165, 1.54) is 7.11 Å². The van der Waals surface area contributed by atoms with Crippen LogP contribution in [0.15, 0.2) is 23.2 Å². The van der Waals surface area contributed by atoms with Crippen LogP contribution in [0.25, 0.3) is 0 Å². The van der Waals surface area contributed by atoms with Crippen LogP contribution in [0.4, 0.5) is 8.78 Å². The number of hydrogen-bond acceptors (Lipinski definition) is 3. The molecule has 0 bridgehead atoms. The van der Waals surface area contributed by atoms with Crippen LogP contribution in [0.1, 0.15) is 5.56 Å². The van der Waals surface area contributed by atoms with Crippen LogP contribution < -0.4 is 11.3 Å². The number of benzene rings is 1. The summed E-state index contributed by atoms with van der Waals surface area (Å²) >= 11 is 0. The molecule has 6 heteroatoms. The van der Waals surface area contributed by atoms with Crippen LogP contribution in [0.5, 0.6) is 0 Å². The predicted molar refractivity (Wildman–Crippen MR) is 57.0 cm³/mol. The zero-order chi connectivity index (χ0) is 12.0. The van der Waals surface area contributed by atoms with E-state index in [9.17, 15) is 8.78 Å². The molecule has 0 aliphatic carbocycles. The van der Waals surface area contributed by atoms with Crippen molar-refractivity contribution in [3.63, 3.8) is 0 Å². The first-order valence-electron chi connectivity index (χ1n) is 4.64. The van der Waals surface area contributed by atoms with Crippen LogP contribution in [0.2, 0.25) is 0 Å². The summed E-state index contributed by atoms with van der Waals surface area (Å²) < 4.78 is 30.6. The molecular formula is C10H13F2N3O. The Bertz CT molecular complexity index is 362. The standard InChI is InChI=1S/C10H13F2N3O/c1-16-3-2-14-10(15-13)7-4-8(11)6-9(12)5-7/h4-6H,2-3,13H2,1H3,(H,14,15). The SMILES string of the molecule is COCCN=C(NN)c1cc(F)cc(F)c1. The molecule has 16 heavy (non-hydrogen) atoms. The topological polar surface area (TPSA) is 59.6 Å². The van der Waals surface area contributed by atoms with Gasteiger partial charge in [0.25, 0.3) is 0 Å². The van der Waals surface area contributed by atoms with E-state index < -0.39 is 11.6 Å². The lowest BCUT2D eigenvalue weighted by Gasteiger charge is -2.06. The quantitative estimate of drug-likeness (QED) is 0.264. The molecule has 0 spiro atoms. The molecule has 0 saturated heterocycles. The molecule has 0 heterocycles. The zero-order valence-electron chi connectivity index (χ0n) is 8.84.